The van der Waals surface area contributed by atoms with Crippen LogP contribution in [0.2, 0.25) is 0 Å². The molecule has 7 heteroatoms. The van der Waals surface area contributed by atoms with Crippen molar-refractivity contribution in [1.29, 1.82) is 0 Å². The van der Waals surface area contributed by atoms with Gasteiger partial charge < -0.3 is 15.5 Å². The van der Waals surface area contributed by atoms with Crippen molar-refractivity contribution in [2.24, 2.45) is 0 Å². The number of likely N-dealkylation sites (N-methyl/N-ethyl adjacent to an activating group) is 1. The van der Waals surface area contributed by atoms with Crippen molar-refractivity contribution in [3.63, 3.8) is 0 Å². The van der Waals surface area contributed by atoms with Crippen molar-refractivity contribution >= 4 is 11.8 Å². The average molecular weight is 295 g/mol. The molecule has 0 fully saturated rings. The Kier molecular flexibility index (Phi) is 6.36. The highest BCUT2D eigenvalue weighted by Gasteiger charge is 2.18. The van der Waals surface area contributed by atoms with Gasteiger partial charge in [-0.1, -0.05) is 0 Å². The van der Waals surface area contributed by atoms with Crippen molar-refractivity contribution in [2.75, 3.05) is 27.2 Å². The molecule has 2 N–H and O–H groups in total. The third-order valence-corrected chi connectivity index (χ3v) is 2.97. The fourth-order valence-corrected chi connectivity index (χ4v) is 1.64. The lowest BCUT2D eigenvalue weighted by Gasteiger charge is -2.15. The van der Waals surface area contributed by atoms with E-state index in [9.17, 15) is 9.59 Å². The van der Waals surface area contributed by atoms with Crippen molar-refractivity contribution in [2.45, 2.75) is 32.9 Å². The summed E-state index contributed by atoms with van der Waals surface area (Å²) >= 11 is 0. The van der Waals surface area contributed by atoms with E-state index in [1.807, 2.05) is 32.8 Å². The van der Waals surface area contributed by atoms with Gasteiger partial charge in [0.2, 0.25) is 5.91 Å². The summed E-state index contributed by atoms with van der Waals surface area (Å²) in [5.74, 6) is -0.543. The van der Waals surface area contributed by atoms with Crippen LogP contribution in [0.1, 0.15) is 37.3 Å². The summed E-state index contributed by atoms with van der Waals surface area (Å²) in [5, 5.41) is 9.59. The molecule has 0 saturated carbocycles. The van der Waals surface area contributed by atoms with E-state index in [0.29, 0.717) is 12.2 Å². The van der Waals surface area contributed by atoms with E-state index in [-0.39, 0.29) is 17.9 Å². The zero-order valence-electron chi connectivity index (χ0n) is 13.4. The van der Waals surface area contributed by atoms with Gasteiger partial charge in [0.25, 0.3) is 5.91 Å². The molecule has 1 aromatic heterocycles. The maximum atomic E-state index is 12.0. The second-order valence-corrected chi connectivity index (χ2v) is 5.56. The SMILES string of the molecule is CC(NC(=O)c1ccn(C(C)C)n1)C(=O)NCCN(C)C. The summed E-state index contributed by atoms with van der Waals surface area (Å²) in [6, 6.07) is 1.24. The Hall–Kier alpha value is -1.89. The van der Waals surface area contributed by atoms with Crippen LogP contribution in [0, 0.1) is 0 Å². The number of aromatic nitrogens is 2. The number of carbonyl (C=O) groups is 2. The normalized spacial score (nSPS) is 12.5. The van der Waals surface area contributed by atoms with E-state index in [4.69, 9.17) is 0 Å². The third kappa shape index (κ3) is 5.55. The lowest BCUT2D eigenvalue weighted by Crippen LogP contribution is -2.46. The first-order chi connectivity index (χ1) is 9.81. The summed E-state index contributed by atoms with van der Waals surface area (Å²) in [6.45, 7) is 6.92. The number of hydrogen-bond donors (Lipinski definition) is 2. The predicted octanol–water partition coefficient (Wildman–Crippen LogP) is 0.260. The Morgan fingerprint density at radius 3 is 2.52 bits per heavy atom. The zero-order chi connectivity index (χ0) is 16.0. The summed E-state index contributed by atoms with van der Waals surface area (Å²) in [4.78, 5) is 25.8. The summed E-state index contributed by atoms with van der Waals surface area (Å²) in [5.41, 5.74) is 0.316. The number of hydrogen-bond acceptors (Lipinski definition) is 4. The minimum atomic E-state index is -0.594. The number of amides is 2. The molecule has 0 bridgehead atoms. The van der Waals surface area contributed by atoms with Crippen LogP contribution in [0.15, 0.2) is 12.3 Å². The van der Waals surface area contributed by atoms with E-state index >= 15 is 0 Å². The molecule has 7 nitrogen and oxygen atoms in total. The van der Waals surface area contributed by atoms with Crippen LogP contribution in [0.25, 0.3) is 0 Å². The van der Waals surface area contributed by atoms with Crippen LogP contribution in [0.5, 0.6) is 0 Å². The maximum Gasteiger partial charge on any atom is 0.272 e. The Bertz CT molecular complexity index is 481. The Balaban J connectivity index is 2.47. The monoisotopic (exact) mass is 295 g/mol. The molecular formula is C14H25N5O2. The van der Waals surface area contributed by atoms with Crippen molar-refractivity contribution in [1.82, 2.24) is 25.3 Å². The molecule has 0 aliphatic heterocycles. The van der Waals surface area contributed by atoms with E-state index in [2.05, 4.69) is 15.7 Å². The molecule has 1 aromatic rings. The fourth-order valence-electron chi connectivity index (χ4n) is 1.64. The van der Waals surface area contributed by atoms with Gasteiger partial charge in [-0.15, -0.1) is 0 Å². The smallest absolute Gasteiger partial charge is 0.272 e. The number of carbonyl (C=O) groups excluding carboxylic acids is 2. The molecule has 1 heterocycles. The van der Waals surface area contributed by atoms with Crippen LogP contribution in [0.3, 0.4) is 0 Å². The standard InChI is InChI=1S/C14H25N5O2/c1-10(2)19-8-6-12(17-19)14(21)16-11(3)13(20)15-7-9-18(4)5/h6,8,10-11H,7,9H2,1-5H3,(H,15,20)(H,16,21). The topological polar surface area (TPSA) is 79.3 Å². The van der Waals surface area contributed by atoms with Crippen LogP contribution in [-0.2, 0) is 4.79 Å². The average Bonchev–Trinajstić information content (AvgIpc) is 2.87. The van der Waals surface area contributed by atoms with Gasteiger partial charge in [-0.25, -0.2) is 0 Å². The van der Waals surface area contributed by atoms with Crippen molar-refractivity contribution < 1.29 is 9.59 Å². The molecule has 1 unspecified atom stereocenters. The van der Waals surface area contributed by atoms with Crippen molar-refractivity contribution in [3.8, 4) is 0 Å². The van der Waals surface area contributed by atoms with Gasteiger partial charge in [0.1, 0.15) is 11.7 Å². The van der Waals surface area contributed by atoms with E-state index in [1.54, 1.807) is 23.9 Å². The largest absolute Gasteiger partial charge is 0.353 e. The number of nitrogens with one attached hydrogen (secondary N) is 2. The van der Waals surface area contributed by atoms with E-state index in [1.165, 1.54) is 0 Å². The van der Waals surface area contributed by atoms with Crippen molar-refractivity contribution in [3.05, 3.63) is 18.0 Å². The van der Waals surface area contributed by atoms with E-state index in [0.717, 1.165) is 6.54 Å². The number of rotatable bonds is 7. The zero-order valence-corrected chi connectivity index (χ0v) is 13.4. The highest BCUT2D eigenvalue weighted by molar-refractivity contribution is 5.95. The van der Waals surface area contributed by atoms with Gasteiger partial charge in [-0.2, -0.15) is 5.10 Å². The quantitative estimate of drug-likeness (QED) is 0.756. The molecule has 21 heavy (non-hydrogen) atoms. The minimum absolute atomic E-state index is 0.193. The molecular weight excluding hydrogens is 270 g/mol. The van der Waals surface area contributed by atoms with Gasteiger partial charge >= 0.3 is 0 Å². The Morgan fingerprint density at radius 1 is 1.33 bits per heavy atom. The molecule has 0 aliphatic carbocycles. The molecule has 0 aliphatic rings. The lowest BCUT2D eigenvalue weighted by molar-refractivity contribution is -0.122. The van der Waals surface area contributed by atoms with Crippen LogP contribution < -0.4 is 10.6 Å². The molecule has 0 aromatic carbocycles. The van der Waals surface area contributed by atoms with Gasteiger partial charge in [-0.3, -0.25) is 14.3 Å². The summed E-state index contributed by atoms with van der Waals surface area (Å²) < 4.78 is 1.71. The maximum absolute atomic E-state index is 12.0. The Labute approximate surface area is 125 Å². The molecule has 1 atom stereocenters. The molecule has 0 radical (unpaired) electrons. The first-order valence-electron chi connectivity index (χ1n) is 7.09. The summed E-state index contributed by atoms with van der Waals surface area (Å²) in [6.07, 6.45) is 1.75. The predicted molar refractivity (Wildman–Crippen MR) is 81.1 cm³/mol. The fraction of sp³-hybridized carbons (Fsp3) is 0.643. The molecule has 0 spiro atoms. The van der Waals surface area contributed by atoms with Gasteiger partial charge in [0.05, 0.1) is 0 Å². The highest BCUT2D eigenvalue weighted by atomic mass is 16.2. The number of nitrogens with zero attached hydrogens (tertiary/aromatic N) is 3. The second-order valence-electron chi connectivity index (χ2n) is 5.56. The van der Waals surface area contributed by atoms with Crippen LogP contribution in [0.4, 0.5) is 0 Å². The Morgan fingerprint density at radius 2 is 2.00 bits per heavy atom. The first-order valence-corrected chi connectivity index (χ1v) is 7.09. The first kappa shape index (κ1) is 17.2. The highest BCUT2D eigenvalue weighted by Crippen LogP contribution is 2.04. The van der Waals surface area contributed by atoms with Gasteiger partial charge in [0.15, 0.2) is 0 Å². The van der Waals surface area contributed by atoms with Crippen LogP contribution in [-0.4, -0.2) is 59.7 Å². The molecule has 2 amide bonds. The molecule has 0 saturated heterocycles. The van der Waals surface area contributed by atoms with Gasteiger partial charge in [-0.05, 0) is 40.9 Å². The van der Waals surface area contributed by atoms with E-state index < -0.39 is 6.04 Å². The summed E-state index contributed by atoms with van der Waals surface area (Å²) in [7, 11) is 3.87. The molecule has 1 rings (SSSR count). The second kappa shape index (κ2) is 7.78. The van der Waals surface area contributed by atoms with Gasteiger partial charge in [0, 0.05) is 25.3 Å². The third-order valence-electron chi connectivity index (χ3n) is 2.97. The minimum Gasteiger partial charge on any atom is -0.353 e. The van der Waals surface area contributed by atoms with Crippen LogP contribution >= 0.6 is 0 Å². The lowest BCUT2D eigenvalue weighted by atomic mass is 10.3. The molecule has 118 valence electrons.